The Bertz CT molecular complexity index is 1400. The van der Waals surface area contributed by atoms with Crippen LogP contribution in [0.25, 0.3) is 0 Å². The van der Waals surface area contributed by atoms with Gasteiger partial charge < -0.3 is 10.1 Å². The van der Waals surface area contributed by atoms with Crippen molar-refractivity contribution in [3.8, 4) is 0 Å². The first kappa shape index (κ1) is 20.4. The molecule has 1 aliphatic heterocycles. The van der Waals surface area contributed by atoms with Crippen molar-refractivity contribution in [1.82, 2.24) is 0 Å². The van der Waals surface area contributed by atoms with Gasteiger partial charge in [0.2, 0.25) is 5.91 Å². The summed E-state index contributed by atoms with van der Waals surface area (Å²) in [5.74, 6) is -0.139. The first-order chi connectivity index (χ1) is 16.7. The zero-order valence-electron chi connectivity index (χ0n) is 18.6. The summed E-state index contributed by atoms with van der Waals surface area (Å²) in [4.78, 5) is 16.6. The largest absolute Gasteiger partial charge is 0.411 e. The fraction of sp³-hybridized carbons (Fsp3) is 0.133. The molecule has 0 saturated carbocycles. The van der Waals surface area contributed by atoms with Gasteiger partial charge in [0.1, 0.15) is 5.41 Å². The molecule has 1 amide bonds. The number of nitrogens with zero attached hydrogens (tertiary/aromatic N) is 2. The molecular formula is C30H24N2O2. The number of para-hydroxylation sites is 1. The van der Waals surface area contributed by atoms with Crippen molar-refractivity contribution in [3.63, 3.8) is 0 Å². The van der Waals surface area contributed by atoms with E-state index in [9.17, 15) is 10.0 Å². The number of rotatable bonds is 3. The topological polar surface area (TPSA) is 52.9 Å². The van der Waals surface area contributed by atoms with Crippen molar-refractivity contribution < 1.29 is 10.0 Å². The number of amides is 1. The van der Waals surface area contributed by atoms with Gasteiger partial charge in [-0.15, -0.1) is 0 Å². The second-order valence-corrected chi connectivity index (χ2v) is 8.96. The Labute approximate surface area is 198 Å². The van der Waals surface area contributed by atoms with Gasteiger partial charge in [-0.1, -0.05) is 108 Å². The minimum absolute atomic E-state index is 0.0656. The van der Waals surface area contributed by atoms with Crippen molar-refractivity contribution >= 4 is 17.3 Å². The monoisotopic (exact) mass is 444 g/mol. The number of hydrogen-bond acceptors (Lipinski definition) is 3. The van der Waals surface area contributed by atoms with Crippen molar-refractivity contribution in [2.24, 2.45) is 5.16 Å². The van der Waals surface area contributed by atoms with E-state index in [0.717, 1.165) is 33.5 Å². The van der Waals surface area contributed by atoms with Crippen LogP contribution in [0.4, 0.5) is 5.69 Å². The highest BCUT2D eigenvalue weighted by Gasteiger charge is 2.59. The van der Waals surface area contributed by atoms with Crippen molar-refractivity contribution in [2.45, 2.75) is 24.3 Å². The van der Waals surface area contributed by atoms with Crippen LogP contribution < -0.4 is 4.90 Å². The summed E-state index contributed by atoms with van der Waals surface area (Å²) < 4.78 is 0. The molecule has 1 spiro atoms. The molecule has 1 heterocycles. The zero-order valence-corrected chi connectivity index (χ0v) is 18.6. The summed E-state index contributed by atoms with van der Waals surface area (Å²) in [7, 11) is 0. The molecule has 4 aromatic rings. The lowest BCUT2D eigenvalue weighted by Gasteiger charge is -2.42. The Hall–Kier alpha value is -4.18. The Morgan fingerprint density at radius 3 is 2.15 bits per heavy atom. The smallest absolute Gasteiger partial charge is 0.243 e. The van der Waals surface area contributed by atoms with Crippen LogP contribution in [0.15, 0.2) is 114 Å². The molecule has 2 atom stereocenters. The summed E-state index contributed by atoms with van der Waals surface area (Å²) in [5.41, 5.74) is 5.53. The third kappa shape index (κ3) is 2.85. The third-order valence-electron chi connectivity index (χ3n) is 7.29. The number of anilines is 1. The Morgan fingerprint density at radius 2 is 1.41 bits per heavy atom. The molecule has 34 heavy (non-hydrogen) atoms. The predicted octanol–water partition coefficient (Wildman–Crippen LogP) is 5.89. The lowest BCUT2D eigenvalue weighted by atomic mass is 9.58. The van der Waals surface area contributed by atoms with Gasteiger partial charge in [0, 0.05) is 23.6 Å². The highest BCUT2D eigenvalue weighted by atomic mass is 16.4. The summed E-state index contributed by atoms with van der Waals surface area (Å²) in [5, 5.41) is 13.6. The van der Waals surface area contributed by atoms with Crippen LogP contribution in [0, 0.1) is 0 Å². The van der Waals surface area contributed by atoms with Crippen molar-refractivity contribution in [2.75, 3.05) is 4.90 Å². The van der Waals surface area contributed by atoms with Crippen LogP contribution in [0.5, 0.6) is 0 Å². The quantitative estimate of drug-likeness (QED) is 0.317. The molecule has 2 aliphatic rings. The van der Waals surface area contributed by atoms with Gasteiger partial charge in [0.15, 0.2) is 0 Å². The van der Waals surface area contributed by atoms with E-state index in [1.165, 1.54) is 0 Å². The minimum atomic E-state index is -0.905. The first-order valence-electron chi connectivity index (χ1n) is 11.6. The standard InChI is InChI=1S/C30H24N2O2/c33-29-30(25-17-9-10-18-28(25)32(29)20-21-11-3-1-4-12-21)24-16-8-7-15-23(24)27(31-34)19-26(30)22-13-5-2-6-14-22/h1-18,26,34H,19-20H2/b31-27+/t26-,30-/m1/s1. The molecule has 4 heteroatoms. The average Bonchev–Trinajstić information content (AvgIpc) is 3.14. The zero-order chi connectivity index (χ0) is 23.1. The van der Waals surface area contributed by atoms with Crippen molar-refractivity contribution in [1.29, 1.82) is 0 Å². The number of hydrogen-bond donors (Lipinski definition) is 1. The molecule has 166 valence electrons. The Kier molecular flexibility index (Phi) is 4.80. The molecule has 0 saturated heterocycles. The van der Waals surface area contributed by atoms with Gasteiger partial charge in [-0.3, -0.25) is 4.79 Å². The molecule has 0 unspecified atom stereocenters. The van der Waals surface area contributed by atoms with E-state index in [-0.39, 0.29) is 11.8 Å². The van der Waals surface area contributed by atoms with Gasteiger partial charge in [-0.25, -0.2) is 0 Å². The SMILES string of the molecule is O=C1N(Cc2ccccc2)c2ccccc2[C@@]12c1ccccc1/C(=N/O)C[C@@H]2c1ccccc1. The second-order valence-electron chi connectivity index (χ2n) is 8.96. The molecule has 4 nitrogen and oxygen atoms in total. The van der Waals surface area contributed by atoms with Crippen LogP contribution in [0.3, 0.4) is 0 Å². The maximum atomic E-state index is 14.7. The Morgan fingerprint density at radius 1 is 0.794 bits per heavy atom. The van der Waals surface area contributed by atoms with E-state index in [2.05, 4.69) is 35.5 Å². The molecule has 0 aromatic heterocycles. The normalized spacial score (nSPS) is 22.1. The number of oxime groups is 1. The van der Waals surface area contributed by atoms with E-state index in [4.69, 9.17) is 0 Å². The average molecular weight is 445 g/mol. The van der Waals surface area contributed by atoms with Gasteiger partial charge in [0.05, 0.1) is 12.3 Å². The molecule has 1 aliphatic carbocycles. The second kappa shape index (κ2) is 7.99. The van der Waals surface area contributed by atoms with Gasteiger partial charge in [-0.2, -0.15) is 0 Å². The summed E-state index contributed by atoms with van der Waals surface area (Å²) in [6.07, 6.45) is 0.469. The number of benzene rings is 4. The first-order valence-corrected chi connectivity index (χ1v) is 11.6. The van der Waals surface area contributed by atoms with E-state index in [1.54, 1.807) is 0 Å². The lowest BCUT2D eigenvalue weighted by molar-refractivity contribution is -0.122. The summed E-state index contributed by atoms with van der Waals surface area (Å²) in [6, 6.07) is 36.3. The predicted molar refractivity (Wildman–Crippen MR) is 133 cm³/mol. The maximum absolute atomic E-state index is 14.7. The number of fused-ring (bicyclic) bond motifs is 4. The molecule has 1 N–H and O–H groups in total. The molecule has 0 bridgehead atoms. The summed E-state index contributed by atoms with van der Waals surface area (Å²) >= 11 is 0. The highest BCUT2D eigenvalue weighted by molar-refractivity contribution is 6.16. The minimum Gasteiger partial charge on any atom is -0.411 e. The molecular weight excluding hydrogens is 420 g/mol. The van der Waals surface area contributed by atoms with Crippen LogP contribution in [0.1, 0.15) is 40.2 Å². The fourth-order valence-electron chi connectivity index (χ4n) is 5.87. The van der Waals surface area contributed by atoms with Crippen LogP contribution in [-0.4, -0.2) is 16.8 Å². The third-order valence-corrected chi connectivity index (χ3v) is 7.29. The van der Waals surface area contributed by atoms with Crippen LogP contribution in [0.2, 0.25) is 0 Å². The van der Waals surface area contributed by atoms with Crippen LogP contribution >= 0.6 is 0 Å². The lowest BCUT2D eigenvalue weighted by Crippen LogP contribution is -2.49. The molecule has 0 fully saturated rings. The van der Waals surface area contributed by atoms with E-state index < -0.39 is 5.41 Å². The van der Waals surface area contributed by atoms with E-state index in [1.807, 2.05) is 83.8 Å². The Balaban J connectivity index is 1.64. The van der Waals surface area contributed by atoms with E-state index in [0.29, 0.717) is 18.7 Å². The molecule has 0 radical (unpaired) electrons. The number of carbonyl (C=O) groups excluding carboxylic acids is 1. The van der Waals surface area contributed by atoms with Crippen LogP contribution in [-0.2, 0) is 16.8 Å². The highest BCUT2D eigenvalue weighted by Crippen LogP contribution is 2.58. The van der Waals surface area contributed by atoms with Gasteiger partial charge >= 0.3 is 0 Å². The summed E-state index contributed by atoms with van der Waals surface area (Å²) in [6.45, 7) is 0.503. The maximum Gasteiger partial charge on any atom is 0.243 e. The van der Waals surface area contributed by atoms with E-state index >= 15 is 0 Å². The molecule has 4 aromatic carbocycles. The number of carbonyl (C=O) groups is 1. The van der Waals surface area contributed by atoms with Crippen molar-refractivity contribution in [3.05, 3.63) is 137 Å². The van der Waals surface area contributed by atoms with Gasteiger partial charge in [0.25, 0.3) is 0 Å². The fourth-order valence-corrected chi connectivity index (χ4v) is 5.87. The molecule has 6 rings (SSSR count). The van der Waals surface area contributed by atoms with Gasteiger partial charge in [-0.05, 0) is 28.3 Å².